The van der Waals surface area contributed by atoms with Gasteiger partial charge in [0, 0.05) is 24.5 Å². The van der Waals surface area contributed by atoms with Crippen LogP contribution in [0.1, 0.15) is 32.6 Å². The van der Waals surface area contributed by atoms with Gasteiger partial charge in [0.05, 0.1) is 13.2 Å². The van der Waals surface area contributed by atoms with E-state index in [2.05, 4.69) is 15.3 Å². The highest BCUT2D eigenvalue weighted by Gasteiger charge is 2.43. The summed E-state index contributed by atoms with van der Waals surface area (Å²) in [6.07, 6.45) is 2.88. The number of nitrogens with one attached hydrogen (secondary N) is 1. The van der Waals surface area contributed by atoms with Crippen LogP contribution in [0.3, 0.4) is 0 Å². The molecule has 1 fully saturated rings. The topological polar surface area (TPSA) is 96.3 Å². The van der Waals surface area contributed by atoms with Gasteiger partial charge < -0.3 is 14.8 Å². The van der Waals surface area contributed by atoms with Gasteiger partial charge in [0.25, 0.3) is 0 Å². The Balaban J connectivity index is 2.59. The third-order valence-electron chi connectivity index (χ3n) is 3.45. The number of carbonyl (C=O) groups is 1. The van der Waals surface area contributed by atoms with Crippen LogP contribution >= 0.6 is 0 Å². The van der Waals surface area contributed by atoms with Gasteiger partial charge in [-0.05, 0) is 31.3 Å². The number of methoxy groups -OCH3 is 1. The second-order valence-corrected chi connectivity index (χ2v) is 4.66. The largest absolute Gasteiger partial charge is 0.468 e. The first kappa shape index (κ1) is 15.8. The van der Waals surface area contributed by atoms with Crippen LogP contribution in [0.15, 0.2) is 5.11 Å². The van der Waals surface area contributed by atoms with Gasteiger partial charge in [-0.25, -0.2) is 0 Å². The zero-order valence-electron chi connectivity index (χ0n) is 11.6. The molecule has 1 aliphatic heterocycles. The number of nitrogens with zero attached hydrogens (tertiary/aromatic N) is 3. The first-order valence-corrected chi connectivity index (χ1v) is 6.64. The standard InChI is InChI=1S/C12H22N4O3/c1-3-10-9-12(5-8-19-10,11(17)18-2)14-6-4-7-15-16-13/h10,14H,3-9H2,1-2H3. The minimum absolute atomic E-state index is 0.0810. The summed E-state index contributed by atoms with van der Waals surface area (Å²) in [5, 5.41) is 6.74. The summed E-state index contributed by atoms with van der Waals surface area (Å²) in [6, 6.07) is 0. The highest BCUT2D eigenvalue weighted by molar-refractivity contribution is 5.81. The Bertz CT molecular complexity index is 344. The van der Waals surface area contributed by atoms with E-state index in [1.165, 1.54) is 7.11 Å². The Hall–Kier alpha value is -1.30. The summed E-state index contributed by atoms with van der Waals surface area (Å²) >= 11 is 0. The van der Waals surface area contributed by atoms with E-state index in [0.717, 1.165) is 6.42 Å². The van der Waals surface area contributed by atoms with E-state index in [4.69, 9.17) is 15.0 Å². The molecule has 1 N–H and O–H groups in total. The third kappa shape index (κ3) is 4.38. The SMILES string of the molecule is CCC1CC(NCCCN=[N+]=[N-])(C(=O)OC)CCO1. The average molecular weight is 270 g/mol. The van der Waals surface area contributed by atoms with Gasteiger partial charge in [0.2, 0.25) is 0 Å². The summed E-state index contributed by atoms with van der Waals surface area (Å²) in [5.41, 5.74) is 7.54. The van der Waals surface area contributed by atoms with E-state index in [1.54, 1.807) is 0 Å². The molecule has 2 unspecified atom stereocenters. The first-order valence-electron chi connectivity index (χ1n) is 6.64. The fourth-order valence-corrected chi connectivity index (χ4v) is 2.35. The number of rotatable bonds is 7. The summed E-state index contributed by atoms with van der Waals surface area (Å²) in [4.78, 5) is 14.7. The van der Waals surface area contributed by atoms with Crippen LogP contribution in [0.5, 0.6) is 0 Å². The predicted molar refractivity (Wildman–Crippen MR) is 70.6 cm³/mol. The van der Waals surface area contributed by atoms with Crippen LogP contribution in [0.25, 0.3) is 10.4 Å². The van der Waals surface area contributed by atoms with Crippen LogP contribution in [0, 0.1) is 0 Å². The number of azide groups is 1. The van der Waals surface area contributed by atoms with Crippen LogP contribution in [0.4, 0.5) is 0 Å². The van der Waals surface area contributed by atoms with Crippen molar-refractivity contribution in [3.63, 3.8) is 0 Å². The molecule has 0 bridgehead atoms. The Morgan fingerprint density at radius 3 is 3.11 bits per heavy atom. The molecule has 0 aromatic rings. The molecule has 0 aliphatic carbocycles. The molecule has 0 spiro atoms. The Morgan fingerprint density at radius 2 is 2.47 bits per heavy atom. The first-order chi connectivity index (χ1) is 9.18. The number of ether oxygens (including phenoxy) is 2. The predicted octanol–water partition coefficient (Wildman–Crippen LogP) is 1.78. The maximum absolute atomic E-state index is 12.0. The number of hydrogen-bond acceptors (Lipinski definition) is 5. The van der Waals surface area contributed by atoms with Gasteiger partial charge >= 0.3 is 5.97 Å². The lowest BCUT2D eigenvalue weighted by Crippen LogP contribution is -2.58. The maximum atomic E-state index is 12.0. The van der Waals surface area contributed by atoms with Crippen molar-refractivity contribution in [3.8, 4) is 0 Å². The van der Waals surface area contributed by atoms with Gasteiger partial charge in [0.15, 0.2) is 0 Å². The van der Waals surface area contributed by atoms with Gasteiger partial charge in [0.1, 0.15) is 5.54 Å². The summed E-state index contributed by atoms with van der Waals surface area (Å²) in [6.45, 7) is 3.63. The molecule has 7 heteroatoms. The van der Waals surface area contributed by atoms with Crippen molar-refractivity contribution in [2.75, 3.05) is 26.8 Å². The lowest BCUT2D eigenvalue weighted by Gasteiger charge is -2.39. The highest BCUT2D eigenvalue weighted by atomic mass is 16.5. The van der Waals surface area contributed by atoms with Crippen LogP contribution in [-0.4, -0.2) is 44.4 Å². The minimum Gasteiger partial charge on any atom is -0.468 e. The molecular weight excluding hydrogens is 248 g/mol. The summed E-state index contributed by atoms with van der Waals surface area (Å²) in [7, 11) is 1.40. The molecule has 0 aromatic heterocycles. The molecule has 0 radical (unpaired) electrons. The second kappa shape index (κ2) is 7.99. The van der Waals surface area contributed by atoms with Crippen molar-refractivity contribution in [1.29, 1.82) is 0 Å². The second-order valence-electron chi connectivity index (χ2n) is 4.66. The smallest absolute Gasteiger partial charge is 0.326 e. The lowest BCUT2D eigenvalue weighted by atomic mass is 9.85. The highest BCUT2D eigenvalue weighted by Crippen LogP contribution is 2.27. The van der Waals surface area contributed by atoms with E-state index in [-0.39, 0.29) is 12.1 Å². The van der Waals surface area contributed by atoms with Crippen molar-refractivity contribution in [3.05, 3.63) is 10.4 Å². The monoisotopic (exact) mass is 270 g/mol. The zero-order chi connectivity index (χ0) is 14.1. The molecule has 108 valence electrons. The normalized spacial score (nSPS) is 26.5. The zero-order valence-corrected chi connectivity index (χ0v) is 11.6. The number of hydrogen-bond donors (Lipinski definition) is 1. The molecule has 0 aromatic carbocycles. The molecular formula is C12H22N4O3. The fourth-order valence-electron chi connectivity index (χ4n) is 2.35. The minimum atomic E-state index is -0.663. The van der Waals surface area contributed by atoms with E-state index < -0.39 is 5.54 Å². The molecule has 0 amide bonds. The molecule has 1 aliphatic rings. The Morgan fingerprint density at radius 1 is 1.68 bits per heavy atom. The van der Waals surface area contributed by atoms with Gasteiger partial charge in [-0.2, -0.15) is 0 Å². The Labute approximate surface area is 113 Å². The van der Waals surface area contributed by atoms with Crippen LogP contribution in [-0.2, 0) is 14.3 Å². The number of carbonyl (C=O) groups excluding carboxylic acids is 1. The molecule has 1 saturated heterocycles. The lowest BCUT2D eigenvalue weighted by molar-refractivity contribution is -0.156. The molecule has 1 heterocycles. The van der Waals surface area contributed by atoms with E-state index in [1.807, 2.05) is 6.92 Å². The van der Waals surface area contributed by atoms with Gasteiger partial charge in [-0.15, -0.1) is 0 Å². The average Bonchev–Trinajstić information content (AvgIpc) is 2.46. The molecule has 0 saturated carbocycles. The van der Waals surface area contributed by atoms with Crippen molar-refractivity contribution in [1.82, 2.24) is 5.32 Å². The van der Waals surface area contributed by atoms with Crippen LogP contribution < -0.4 is 5.32 Å². The molecule has 19 heavy (non-hydrogen) atoms. The van der Waals surface area contributed by atoms with E-state index >= 15 is 0 Å². The molecule has 1 rings (SSSR count). The third-order valence-corrected chi connectivity index (χ3v) is 3.45. The van der Waals surface area contributed by atoms with Gasteiger partial charge in [-0.1, -0.05) is 12.0 Å². The van der Waals surface area contributed by atoms with Crippen molar-refractivity contribution in [2.24, 2.45) is 5.11 Å². The fraction of sp³-hybridized carbons (Fsp3) is 0.917. The quantitative estimate of drug-likeness (QED) is 0.251. The van der Waals surface area contributed by atoms with Gasteiger partial charge in [-0.3, -0.25) is 4.79 Å². The van der Waals surface area contributed by atoms with E-state index in [0.29, 0.717) is 39.0 Å². The summed E-state index contributed by atoms with van der Waals surface area (Å²) < 4.78 is 10.5. The number of esters is 1. The van der Waals surface area contributed by atoms with Crippen molar-refractivity contribution >= 4 is 5.97 Å². The van der Waals surface area contributed by atoms with E-state index in [9.17, 15) is 4.79 Å². The maximum Gasteiger partial charge on any atom is 0.326 e. The molecule has 7 nitrogen and oxygen atoms in total. The Kier molecular flexibility index (Phi) is 6.62. The van der Waals surface area contributed by atoms with Crippen molar-refractivity contribution < 1.29 is 14.3 Å². The summed E-state index contributed by atoms with van der Waals surface area (Å²) in [5.74, 6) is -0.238. The molecule has 2 atom stereocenters. The van der Waals surface area contributed by atoms with Crippen LogP contribution in [0.2, 0.25) is 0 Å². The van der Waals surface area contributed by atoms with Crippen molar-refractivity contribution in [2.45, 2.75) is 44.2 Å².